The van der Waals surface area contributed by atoms with Crippen LogP contribution in [0.3, 0.4) is 0 Å². The number of carbonyl (C=O) groups excluding carboxylic acids is 1. The lowest BCUT2D eigenvalue weighted by molar-refractivity contribution is -0.130. The molecular formula is C15H30N2O. The molecule has 0 aliphatic heterocycles. The summed E-state index contributed by atoms with van der Waals surface area (Å²) in [5.74, 6) is 0.898. The highest BCUT2D eigenvalue weighted by Crippen LogP contribution is 2.39. The van der Waals surface area contributed by atoms with Crippen LogP contribution in [0.15, 0.2) is 0 Å². The molecule has 0 atom stereocenters. The normalized spacial score (nSPS) is 18.1. The first-order chi connectivity index (χ1) is 8.29. The van der Waals surface area contributed by atoms with E-state index in [2.05, 4.69) is 19.2 Å². The second-order valence-electron chi connectivity index (χ2n) is 7.08. The highest BCUT2D eigenvalue weighted by molar-refractivity contribution is 5.81. The molecule has 1 fully saturated rings. The molecule has 0 radical (unpaired) electrons. The van der Waals surface area contributed by atoms with E-state index in [9.17, 15) is 4.79 Å². The van der Waals surface area contributed by atoms with Crippen molar-refractivity contribution < 1.29 is 4.79 Å². The Balaban J connectivity index is 2.46. The lowest BCUT2D eigenvalue weighted by atomic mass is 9.77. The predicted octanol–water partition coefficient (Wildman–Crippen LogP) is 2.69. The van der Waals surface area contributed by atoms with Crippen LogP contribution in [-0.4, -0.2) is 19.0 Å². The van der Waals surface area contributed by atoms with Crippen molar-refractivity contribution in [3.05, 3.63) is 0 Å². The van der Waals surface area contributed by atoms with Gasteiger partial charge in [0, 0.05) is 12.0 Å². The molecular weight excluding hydrogens is 224 g/mol. The molecule has 0 bridgehead atoms. The van der Waals surface area contributed by atoms with Crippen LogP contribution in [0.4, 0.5) is 0 Å². The molecule has 18 heavy (non-hydrogen) atoms. The molecule has 0 aromatic rings. The lowest BCUT2D eigenvalue weighted by Gasteiger charge is -2.33. The van der Waals surface area contributed by atoms with Gasteiger partial charge in [-0.25, -0.2) is 0 Å². The molecule has 0 heterocycles. The molecule has 1 amide bonds. The summed E-state index contributed by atoms with van der Waals surface area (Å²) in [7, 11) is 0. The van der Waals surface area contributed by atoms with Crippen molar-refractivity contribution in [1.29, 1.82) is 0 Å². The molecule has 0 unspecified atom stereocenters. The van der Waals surface area contributed by atoms with E-state index in [1.807, 2.05) is 13.8 Å². The Morgan fingerprint density at radius 2 is 1.78 bits per heavy atom. The third-order valence-corrected chi connectivity index (χ3v) is 4.55. The molecule has 106 valence electrons. The number of hydrogen-bond donors (Lipinski definition) is 2. The number of hydrogen-bond acceptors (Lipinski definition) is 2. The van der Waals surface area contributed by atoms with E-state index in [-0.39, 0.29) is 16.7 Å². The summed E-state index contributed by atoms with van der Waals surface area (Å²) < 4.78 is 0. The average Bonchev–Trinajstić information content (AvgIpc) is 2.79. The summed E-state index contributed by atoms with van der Waals surface area (Å²) in [6.07, 6.45) is 6.06. The molecule has 0 aromatic carbocycles. The van der Waals surface area contributed by atoms with Crippen LogP contribution in [0, 0.1) is 16.7 Å². The zero-order valence-corrected chi connectivity index (χ0v) is 12.5. The second kappa shape index (κ2) is 6.05. The number of nitrogens with two attached hydrogens (primary N) is 1. The number of carbonyl (C=O) groups is 1. The zero-order chi connectivity index (χ0) is 13.8. The van der Waals surface area contributed by atoms with Crippen LogP contribution in [0.1, 0.15) is 59.8 Å². The minimum Gasteiger partial charge on any atom is -0.355 e. The quantitative estimate of drug-likeness (QED) is 0.765. The van der Waals surface area contributed by atoms with Crippen LogP contribution in [0.25, 0.3) is 0 Å². The van der Waals surface area contributed by atoms with E-state index in [0.29, 0.717) is 6.54 Å². The molecule has 0 aromatic heterocycles. The number of nitrogens with one attached hydrogen (secondary N) is 1. The van der Waals surface area contributed by atoms with Crippen molar-refractivity contribution in [2.45, 2.75) is 59.8 Å². The summed E-state index contributed by atoms with van der Waals surface area (Å²) >= 11 is 0. The van der Waals surface area contributed by atoms with E-state index >= 15 is 0 Å². The highest BCUT2D eigenvalue weighted by atomic mass is 16.2. The van der Waals surface area contributed by atoms with E-state index in [0.717, 1.165) is 18.9 Å². The van der Waals surface area contributed by atoms with Gasteiger partial charge in [0.2, 0.25) is 5.91 Å². The van der Waals surface area contributed by atoms with Gasteiger partial charge in [0.25, 0.3) is 0 Å². The van der Waals surface area contributed by atoms with Crippen molar-refractivity contribution in [2.24, 2.45) is 22.5 Å². The average molecular weight is 254 g/mol. The topological polar surface area (TPSA) is 55.1 Å². The number of amides is 1. The van der Waals surface area contributed by atoms with Crippen molar-refractivity contribution in [2.75, 3.05) is 13.1 Å². The lowest BCUT2D eigenvalue weighted by Crippen LogP contribution is -2.44. The summed E-state index contributed by atoms with van der Waals surface area (Å²) in [6, 6.07) is 0. The Morgan fingerprint density at radius 3 is 2.28 bits per heavy atom. The van der Waals surface area contributed by atoms with Crippen molar-refractivity contribution in [3.8, 4) is 0 Å². The largest absolute Gasteiger partial charge is 0.355 e. The summed E-state index contributed by atoms with van der Waals surface area (Å²) in [6.45, 7) is 9.84. The van der Waals surface area contributed by atoms with Gasteiger partial charge in [0.15, 0.2) is 0 Å². The molecule has 0 spiro atoms. The Hall–Kier alpha value is -0.570. The van der Waals surface area contributed by atoms with Gasteiger partial charge in [-0.05, 0) is 37.1 Å². The first-order valence-electron chi connectivity index (χ1n) is 7.28. The van der Waals surface area contributed by atoms with E-state index < -0.39 is 0 Å². The fourth-order valence-corrected chi connectivity index (χ4v) is 2.87. The van der Waals surface area contributed by atoms with Crippen LogP contribution < -0.4 is 11.1 Å². The maximum atomic E-state index is 12.1. The minimum atomic E-state index is -0.347. The highest BCUT2D eigenvalue weighted by Gasteiger charge is 2.34. The smallest absolute Gasteiger partial charge is 0.225 e. The first-order valence-corrected chi connectivity index (χ1v) is 7.28. The van der Waals surface area contributed by atoms with Crippen LogP contribution >= 0.6 is 0 Å². The number of rotatable bonds is 6. The molecule has 3 heteroatoms. The van der Waals surface area contributed by atoms with E-state index in [4.69, 9.17) is 5.73 Å². The summed E-state index contributed by atoms with van der Waals surface area (Å²) in [4.78, 5) is 12.1. The van der Waals surface area contributed by atoms with Gasteiger partial charge >= 0.3 is 0 Å². The maximum Gasteiger partial charge on any atom is 0.225 e. The van der Waals surface area contributed by atoms with Crippen LogP contribution in [0.2, 0.25) is 0 Å². The fourth-order valence-electron chi connectivity index (χ4n) is 2.87. The van der Waals surface area contributed by atoms with Crippen molar-refractivity contribution >= 4 is 5.91 Å². The Kier molecular flexibility index (Phi) is 5.20. The molecule has 0 saturated heterocycles. The minimum absolute atomic E-state index is 0.138. The molecule has 1 saturated carbocycles. The van der Waals surface area contributed by atoms with Gasteiger partial charge in [-0.1, -0.05) is 40.5 Å². The zero-order valence-electron chi connectivity index (χ0n) is 12.5. The van der Waals surface area contributed by atoms with Gasteiger partial charge in [-0.15, -0.1) is 0 Å². The van der Waals surface area contributed by atoms with Crippen molar-refractivity contribution in [1.82, 2.24) is 5.32 Å². The van der Waals surface area contributed by atoms with E-state index in [1.165, 1.54) is 25.7 Å². The van der Waals surface area contributed by atoms with Crippen LogP contribution in [-0.2, 0) is 4.79 Å². The molecule has 1 aliphatic carbocycles. The van der Waals surface area contributed by atoms with Gasteiger partial charge < -0.3 is 11.1 Å². The molecule has 3 nitrogen and oxygen atoms in total. The monoisotopic (exact) mass is 254 g/mol. The van der Waals surface area contributed by atoms with E-state index in [1.54, 1.807) is 0 Å². The molecule has 1 rings (SSSR count). The van der Waals surface area contributed by atoms with Gasteiger partial charge in [0.1, 0.15) is 0 Å². The fraction of sp³-hybridized carbons (Fsp3) is 0.933. The maximum absolute atomic E-state index is 12.1. The van der Waals surface area contributed by atoms with Gasteiger partial charge in [0.05, 0.1) is 0 Å². The Bertz CT molecular complexity index is 278. The molecule has 1 aliphatic rings. The Labute approximate surface area is 112 Å². The summed E-state index contributed by atoms with van der Waals surface area (Å²) in [5, 5.41) is 3.13. The standard InChI is InChI=1S/C15H30N2O/c1-14(2,9-10-16)13(18)17-11-15(3,4)12-7-5-6-8-12/h12H,5-11,16H2,1-4H3,(H,17,18). The van der Waals surface area contributed by atoms with Gasteiger partial charge in [-0.3, -0.25) is 4.79 Å². The third-order valence-electron chi connectivity index (χ3n) is 4.55. The second-order valence-corrected chi connectivity index (χ2v) is 7.08. The predicted molar refractivity (Wildman–Crippen MR) is 76.2 cm³/mol. The third kappa shape index (κ3) is 3.98. The molecule has 3 N–H and O–H groups in total. The summed E-state index contributed by atoms with van der Waals surface area (Å²) in [5.41, 5.74) is 5.42. The van der Waals surface area contributed by atoms with Gasteiger partial charge in [-0.2, -0.15) is 0 Å². The SMILES string of the molecule is CC(C)(CCN)C(=O)NCC(C)(C)C1CCCC1. The van der Waals surface area contributed by atoms with Crippen molar-refractivity contribution in [3.63, 3.8) is 0 Å². The Morgan fingerprint density at radius 1 is 1.22 bits per heavy atom. The first kappa shape index (κ1) is 15.5. The van der Waals surface area contributed by atoms with Crippen LogP contribution in [0.5, 0.6) is 0 Å².